The second-order valence-corrected chi connectivity index (χ2v) is 6.75. The zero-order chi connectivity index (χ0) is 17.1. The minimum atomic E-state index is -0.0882. The molecule has 1 saturated heterocycles. The minimum Gasteiger partial charge on any atom is -0.482 e. The van der Waals surface area contributed by atoms with E-state index in [4.69, 9.17) is 4.74 Å². The third kappa shape index (κ3) is 3.94. The molecule has 5 heteroatoms. The normalized spacial score (nSPS) is 20.3. The van der Waals surface area contributed by atoms with Crippen molar-refractivity contribution in [1.82, 2.24) is 4.90 Å². The van der Waals surface area contributed by atoms with E-state index in [1.54, 1.807) is 0 Å². The van der Waals surface area contributed by atoms with E-state index in [0.29, 0.717) is 6.04 Å². The lowest BCUT2D eigenvalue weighted by Gasteiger charge is -2.34. The number of nitrogens with one attached hydrogen (secondary N) is 2. The fourth-order valence-corrected chi connectivity index (χ4v) is 3.57. The van der Waals surface area contributed by atoms with Crippen LogP contribution in [-0.2, 0) is 11.3 Å². The molecule has 2 aromatic rings. The number of likely N-dealkylation sites (tertiary alicyclic amines) is 1. The molecule has 0 aromatic heterocycles. The average Bonchev–Trinajstić information content (AvgIpc) is 2.62. The summed E-state index contributed by atoms with van der Waals surface area (Å²) in [5, 5.41) is 6.52. The number of rotatable bonds is 4. The Morgan fingerprint density at radius 2 is 2.08 bits per heavy atom. The van der Waals surface area contributed by atoms with Gasteiger partial charge in [0.05, 0.1) is 5.69 Å². The molecule has 0 bridgehead atoms. The summed E-state index contributed by atoms with van der Waals surface area (Å²) in [5.41, 5.74) is 3.16. The number of carbonyl (C=O) groups excluding carboxylic acids is 1. The molecule has 0 aliphatic carbocycles. The van der Waals surface area contributed by atoms with Crippen LogP contribution in [0.15, 0.2) is 48.5 Å². The van der Waals surface area contributed by atoms with Crippen LogP contribution < -0.4 is 15.4 Å². The van der Waals surface area contributed by atoms with Crippen molar-refractivity contribution in [2.24, 2.45) is 0 Å². The van der Waals surface area contributed by atoms with Gasteiger partial charge in [-0.1, -0.05) is 24.3 Å². The van der Waals surface area contributed by atoms with Crippen LogP contribution in [-0.4, -0.2) is 36.5 Å². The third-order valence-electron chi connectivity index (χ3n) is 4.73. The SMILES string of the molecule is O=C1COc2ccc(CN3CCCC(Nc4ccccc4)C3)cc2N1. The third-order valence-corrected chi connectivity index (χ3v) is 4.73. The predicted octanol–water partition coefficient (Wildman–Crippen LogP) is 3.09. The van der Waals surface area contributed by atoms with Crippen LogP contribution in [0, 0.1) is 0 Å². The Bertz CT molecular complexity index is 748. The van der Waals surface area contributed by atoms with E-state index in [2.05, 4.69) is 45.9 Å². The lowest BCUT2D eigenvalue weighted by molar-refractivity contribution is -0.118. The molecule has 2 N–H and O–H groups in total. The zero-order valence-electron chi connectivity index (χ0n) is 14.2. The van der Waals surface area contributed by atoms with Crippen molar-refractivity contribution in [3.63, 3.8) is 0 Å². The van der Waals surface area contributed by atoms with Crippen LogP contribution >= 0.6 is 0 Å². The quantitative estimate of drug-likeness (QED) is 0.900. The van der Waals surface area contributed by atoms with Crippen molar-refractivity contribution in [1.29, 1.82) is 0 Å². The molecule has 2 aliphatic heterocycles. The van der Waals surface area contributed by atoms with Crippen molar-refractivity contribution >= 4 is 17.3 Å². The number of ether oxygens (including phenoxy) is 1. The molecule has 1 unspecified atom stereocenters. The molecular formula is C20H23N3O2. The lowest BCUT2D eigenvalue weighted by Crippen LogP contribution is -2.41. The molecule has 0 radical (unpaired) electrons. The van der Waals surface area contributed by atoms with Gasteiger partial charge in [0.1, 0.15) is 5.75 Å². The van der Waals surface area contributed by atoms with Gasteiger partial charge in [0.2, 0.25) is 0 Å². The van der Waals surface area contributed by atoms with Gasteiger partial charge in [-0.25, -0.2) is 0 Å². The molecule has 1 atom stereocenters. The summed E-state index contributed by atoms with van der Waals surface area (Å²) >= 11 is 0. The number of benzene rings is 2. The summed E-state index contributed by atoms with van der Waals surface area (Å²) < 4.78 is 5.43. The van der Waals surface area contributed by atoms with Crippen molar-refractivity contribution in [2.45, 2.75) is 25.4 Å². The first-order valence-electron chi connectivity index (χ1n) is 8.86. The summed E-state index contributed by atoms with van der Waals surface area (Å²) in [4.78, 5) is 14.0. The molecular weight excluding hydrogens is 314 g/mol. The standard InChI is InChI=1S/C20H23N3O2/c24-20-14-25-19-9-8-15(11-18(19)22-20)12-23-10-4-7-17(13-23)21-16-5-2-1-3-6-16/h1-3,5-6,8-9,11,17,21H,4,7,10,12-14H2,(H,22,24). The molecule has 1 fully saturated rings. The van der Waals surface area contributed by atoms with Gasteiger partial charge in [0.25, 0.3) is 5.91 Å². The number of nitrogens with zero attached hydrogens (tertiary/aromatic N) is 1. The summed E-state index contributed by atoms with van der Waals surface area (Å²) in [7, 11) is 0. The highest BCUT2D eigenvalue weighted by atomic mass is 16.5. The van der Waals surface area contributed by atoms with E-state index in [1.165, 1.54) is 24.1 Å². The van der Waals surface area contributed by atoms with Gasteiger partial charge in [-0.05, 0) is 49.2 Å². The van der Waals surface area contributed by atoms with E-state index in [9.17, 15) is 4.79 Å². The minimum absolute atomic E-state index is 0.0882. The highest BCUT2D eigenvalue weighted by molar-refractivity contribution is 5.95. The average molecular weight is 337 g/mol. The maximum absolute atomic E-state index is 11.5. The molecule has 2 aliphatic rings. The maximum Gasteiger partial charge on any atom is 0.262 e. The Morgan fingerprint density at radius 1 is 1.20 bits per heavy atom. The number of hydrogen-bond acceptors (Lipinski definition) is 4. The molecule has 4 rings (SSSR count). The topological polar surface area (TPSA) is 53.6 Å². The van der Waals surface area contributed by atoms with E-state index in [1.807, 2.05) is 18.2 Å². The smallest absolute Gasteiger partial charge is 0.262 e. The van der Waals surface area contributed by atoms with Crippen LogP contribution in [0.1, 0.15) is 18.4 Å². The summed E-state index contributed by atoms with van der Waals surface area (Å²) in [6.45, 7) is 3.11. The first kappa shape index (κ1) is 16.0. The van der Waals surface area contributed by atoms with E-state index >= 15 is 0 Å². The van der Waals surface area contributed by atoms with Crippen LogP contribution in [0.5, 0.6) is 5.75 Å². The van der Waals surface area contributed by atoms with Gasteiger partial charge >= 0.3 is 0 Å². The van der Waals surface area contributed by atoms with Crippen LogP contribution in [0.3, 0.4) is 0 Å². The monoisotopic (exact) mass is 337 g/mol. The number of hydrogen-bond donors (Lipinski definition) is 2. The van der Waals surface area contributed by atoms with Gasteiger partial charge in [-0.3, -0.25) is 9.69 Å². The molecule has 2 heterocycles. The van der Waals surface area contributed by atoms with Gasteiger partial charge in [0.15, 0.2) is 6.61 Å². The maximum atomic E-state index is 11.5. The fourth-order valence-electron chi connectivity index (χ4n) is 3.57. The van der Waals surface area contributed by atoms with Gasteiger partial charge < -0.3 is 15.4 Å². The zero-order valence-corrected chi connectivity index (χ0v) is 14.2. The molecule has 1 amide bonds. The highest BCUT2D eigenvalue weighted by Gasteiger charge is 2.21. The predicted molar refractivity (Wildman–Crippen MR) is 98.9 cm³/mol. The van der Waals surface area contributed by atoms with Gasteiger partial charge in [-0.2, -0.15) is 0 Å². The van der Waals surface area contributed by atoms with E-state index < -0.39 is 0 Å². The Morgan fingerprint density at radius 3 is 2.96 bits per heavy atom. The Balaban J connectivity index is 1.39. The van der Waals surface area contributed by atoms with Crippen LogP contribution in [0.25, 0.3) is 0 Å². The summed E-state index contributed by atoms with van der Waals surface area (Å²) in [6, 6.07) is 16.9. The molecule has 5 nitrogen and oxygen atoms in total. The Kier molecular flexibility index (Phi) is 4.57. The fraction of sp³-hybridized carbons (Fsp3) is 0.350. The number of piperidine rings is 1. The van der Waals surface area contributed by atoms with Gasteiger partial charge in [0, 0.05) is 24.8 Å². The number of para-hydroxylation sites is 1. The molecule has 130 valence electrons. The van der Waals surface area contributed by atoms with Crippen molar-refractivity contribution in [3.05, 3.63) is 54.1 Å². The largest absolute Gasteiger partial charge is 0.482 e. The van der Waals surface area contributed by atoms with Gasteiger partial charge in [-0.15, -0.1) is 0 Å². The first-order chi connectivity index (χ1) is 12.3. The molecule has 0 saturated carbocycles. The van der Waals surface area contributed by atoms with Crippen LogP contribution in [0.2, 0.25) is 0 Å². The summed E-state index contributed by atoms with van der Waals surface area (Å²) in [6.07, 6.45) is 2.38. The van der Waals surface area contributed by atoms with Crippen molar-refractivity contribution in [2.75, 3.05) is 30.3 Å². The number of amides is 1. The van der Waals surface area contributed by atoms with Crippen LogP contribution in [0.4, 0.5) is 11.4 Å². The number of anilines is 2. The van der Waals surface area contributed by atoms with Crippen molar-refractivity contribution in [3.8, 4) is 5.75 Å². The van der Waals surface area contributed by atoms with Crippen molar-refractivity contribution < 1.29 is 9.53 Å². The number of fused-ring (bicyclic) bond motifs is 1. The van der Waals surface area contributed by atoms with E-state index in [-0.39, 0.29) is 12.5 Å². The Labute approximate surface area is 148 Å². The second-order valence-electron chi connectivity index (χ2n) is 6.75. The molecule has 0 spiro atoms. The molecule has 2 aromatic carbocycles. The first-order valence-corrected chi connectivity index (χ1v) is 8.86. The Hall–Kier alpha value is -2.53. The number of carbonyl (C=O) groups is 1. The second kappa shape index (κ2) is 7.15. The lowest BCUT2D eigenvalue weighted by atomic mass is 10.0. The molecule has 25 heavy (non-hydrogen) atoms. The van der Waals surface area contributed by atoms with E-state index in [0.717, 1.165) is 31.1 Å². The highest BCUT2D eigenvalue weighted by Crippen LogP contribution is 2.29. The summed E-state index contributed by atoms with van der Waals surface area (Å²) in [5.74, 6) is 0.667.